The minimum Gasteiger partial charge on any atom is -0.488 e. The van der Waals surface area contributed by atoms with Gasteiger partial charge in [0.25, 0.3) is 0 Å². The second kappa shape index (κ2) is 5.12. The van der Waals surface area contributed by atoms with E-state index in [1.165, 1.54) is 0 Å². The molecule has 3 N–H and O–H groups in total. The number of hydrogen-bond donors (Lipinski definition) is 2. The maximum Gasteiger partial charge on any atom is 0.126 e. The number of ether oxygens (including phenoxy) is 2. The Kier molecular flexibility index (Phi) is 3.85. The summed E-state index contributed by atoms with van der Waals surface area (Å²) in [6.07, 6.45) is 0.635. The van der Waals surface area contributed by atoms with E-state index in [1.807, 2.05) is 45.0 Å². The average molecular weight is 265 g/mol. The van der Waals surface area contributed by atoms with Crippen LogP contribution in [-0.2, 0) is 11.2 Å². The first-order valence-corrected chi connectivity index (χ1v) is 6.62. The highest BCUT2D eigenvalue weighted by atomic mass is 16.5. The van der Waals surface area contributed by atoms with E-state index < -0.39 is 5.60 Å². The van der Waals surface area contributed by atoms with Gasteiger partial charge in [-0.05, 0) is 44.9 Å². The van der Waals surface area contributed by atoms with Crippen LogP contribution < -0.4 is 10.5 Å². The van der Waals surface area contributed by atoms with Crippen LogP contribution in [0.3, 0.4) is 0 Å². The van der Waals surface area contributed by atoms with Gasteiger partial charge in [0.15, 0.2) is 0 Å². The first-order chi connectivity index (χ1) is 8.78. The highest BCUT2D eigenvalue weighted by Gasteiger charge is 2.41. The highest BCUT2D eigenvalue weighted by Crippen LogP contribution is 2.24. The van der Waals surface area contributed by atoms with Gasteiger partial charge in [-0.25, -0.2) is 0 Å². The lowest BCUT2D eigenvalue weighted by Gasteiger charge is -2.41. The Bertz CT molecular complexity index is 418. The van der Waals surface area contributed by atoms with E-state index in [9.17, 15) is 5.11 Å². The Hall–Kier alpha value is -1.10. The van der Waals surface area contributed by atoms with Crippen molar-refractivity contribution >= 4 is 0 Å². The lowest BCUT2D eigenvalue weighted by atomic mass is 9.88. The summed E-state index contributed by atoms with van der Waals surface area (Å²) < 4.78 is 10.8. The van der Waals surface area contributed by atoms with Gasteiger partial charge in [-0.3, -0.25) is 0 Å². The van der Waals surface area contributed by atoms with E-state index in [0.717, 1.165) is 11.3 Å². The fraction of sp³-hybridized carbons (Fsp3) is 0.600. The highest BCUT2D eigenvalue weighted by molar-refractivity contribution is 5.28. The van der Waals surface area contributed by atoms with Crippen LogP contribution in [-0.4, -0.2) is 35.6 Å². The molecule has 0 saturated carbocycles. The third-order valence-corrected chi connectivity index (χ3v) is 3.20. The predicted octanol–water partition coefficient (Wildman–Crippen LogP) is 1.49. The molecule has 0 spiro atoms. The average Bonchev–Trinajstić information content (AvgIpc) is 2.26. The molecule has 2 rings (SSSR count). The maximum atomic E-state index is 10.1. The van der Waals surface area contributed by atoms with Gasteiger partial charge < -0.3 is 20.3 Å². The Morgan fingerprint density at radius 2 is 1.89 bits per heavy atom. The summed E-state index contributed by atoms with van der Waals surface area (Å²) in [5.41, 5.74) is 6.06. The summed E-state index contributed by atoms with van der Waals surface area (Å²) in [6.45, 7) is 6.72. The van der Waals surface area contributed by atoms with Crippen molar-refractivity contribution in [1.29, 1.82) is 0 Å². The van der Waals surface area contributed by atoms with Gasteiger partial charge in [0.05, 0.1) is 13.2 Å². The van der Waals surface area contributed by atoms with Crippen molar-refractivity contribution < 1.29 is 14.6 Å². The van der Waals surface area contributed by atoms with Crippen molar-refractivity contribution in [1.82, 2.24) is 0 Å². The second-order valence-corrected chi connectivity index (χ2v) is 6.27. The molecule has 0 aromatic heterocycles. The SMILES string of the molecule is CC(C)(C)Oc1ccc(CC(N)C2(O)COC2)cc1. The molecule has 1 atom stereocenters. The van der Waals surface area contributed by atoms with E-state index in [0.29, 0.717) is 19.6 Å². The molecule has 0 bridgehead atoms. The molecule has 1 aliphatic rings. The van der Waals surface area contributed by atoms with Crippen LogP contribution >= 0.6 is 0 Å². The first-order valence-electron chi connectivity index (χ1n) is 6.62. The smallest absolute Gasteiger partial charge is 0.126 e. The van der Waals surface area contributed by atoms with Crippen molar-refractivity contribution in [3.8, 4) is 5.75 Å². The zero-order valence-corrected chi connectivity index (χ0v) is 11.8. The zero-order chi connectivity index (χ0) is 14.1. The third-order valence-electron chi connectivity index (χ3n) is 3.20. The molecule has 0 radical (unpaired) electrons. The molecule has 4 nitrogen and oxygen atoms in total. The molecule has 1 aromatic rings. The Morgan fingerprint density at radius 1 is 1.32 bits per heavy atom. The standard InChI is InChI=1S/C15H23NO3/c1-14(2,3)19-12-6-4-11(5-7-12)8-13(16)15(17)9-18-10-15/h4-7,13,17H,8-10,16H2,1-3H3. The van der Waals surface area contributed by atoms with Crippen molar-refractivity contribution in [2.45, 2.75) is 44.4 Å². The Balaban J connectivity index is 1.95. The van der Waals surface area contributed by atoms with Crippen LogP contribution in [0.4, 0.5) is 0 Å². The minimum atomic E-state index is -0.861. The van der Waals surface area contributed by atoms with Gasteiger partial charge >= 0.3 is 0 Å². The van der Waals surface area contributed by atoms with Gasteiger partial charge in [-0.15, -0.1) is 0 Å². The lowest BCUT2D eigenvalue weighted by molar-refractivity contribution is -0.189. The molecule has 19 heavy (non-hydrogen) atoms. The first kappa shape index (κ1) is 14.3. The number of rotatable bonds is 4. The zero-order valence-electron chi connectivity index (χ0n) is 11.8. The molecular weight excluding hydrogens is 242 g/mol. The quantitative estimate of drug-likeness (QED) is 0.866. The molecular formula is C15H23NO3. The summed E-state index contributed by atoms with van der Waals surface area (Å²) in [6, 6.07) is 7.56. The van der Waals surface area contributed by atoms with E-state index >= 15 is 0 Å². The molecule has 1 fully saturated rings. The van der Waals surface area contributed by atoms with Crippen molar-refractivity contribution in [2.24, 2.45) is 5.73 Å². The topological polar surface area (TPSA) is 64.7 Å². The normalized spacial score (nSPS) is 19.6. The molecule has 1 unspecified atom stereocenters. The number of benzene rings is 1. The maximum absolute atomic E-state index is 10.1. The minimum absolute atomic E-state index is 0.198. The Labute approximate surface area is 114 Å². The van der Waals surface area contributed by atoms with E-state index in [2.05, 4.69) is 0 Å². The van der Waals surface area contributed by atoms with Crippen LogP contribution in [0.5, 0.6) is 5.75 Å². The van der Waals surface area contributed by atoms with Crippen LogP contribution in [0.15, 0.2) is 24.3 Å². The summed E-state index contributed by atoms with van der Waals surface area (Å²) >= 11 is 0. The van der Waals surface area contributed by atoms with Gasteiger partial charge in [0.1, 0.15) is 17.0 Å². The molecule has 0 amide bonds. The molecule has 1 aromatic carbocycles. The van der Waals surface area contributed by atoms with E-state index in [-0.39, 0.29) is 11.6 Å². The van der Waals surface area contributed by atoms with Crippen LogP contribution in [0.1, 0.15) is 26.3 Å². The van der Waals surface area contributed by atoms with Crippen LogP contribution in [0, 0.1) is 0 Å². The Morgan fingerprint density at radius 3 is 2.32 bits per heavy atom. The monoisotopic (exact) mass is 265 g/mol. The van der Waals surface area contributed by atoms with Crippen molar-refractivity contribution in [3.05, 3.63) is 29.8 Å². The summed E-state index contributed by atoms with van der Waals surface area (Å²) in [5.74, 6) is 0.843. The second-order valence-electron chi connectivity index (χ2n) is 6.27. The molecule has 1 aliphatic heterocycles. The van der Waals surface area contributed by atoms with Crippen LogP contribution in [0.2, 0.25) is 0 Å². The molecule has 106 valence electrons. The molecule has 4 heteroatoms. The van der Waals surface area contributed by atoms with Crippen molar-refractivity contribution in [2.75, 3.05) is 13.2 Å². The number of aliphatic hydroxyl groups is 1. The summed E-state index contributed by atoms with van der Waals surface area (Å²) in [7, 11) is 0. The van der Waals surface area contributed by atoms with Gasteiger partial charge in [0.2, 0.25) is 0 Å². The molecule has 1 saturated heterocycles. The third kappa shape index (κ3) is 3.69. The van der Waals surface area contributed by atoms with Gasteiger partial charge in [-0.2, -0.15) is 0 Å². The van der Waals surface area contributed by atoms with Crippen LogP contribution in [0.25, 0.3) is 0 Å². The molecule has 0 aliphatic carbocycles. The number of hydrogen-bond acceptors (Lipinski definition) is 4. The van der Waals surface area contributed by atoms with Gasteiger partial charge in [0, 0.05) is 6.04 Å². The fourth-order valence-corrected chi connectivity index (χ4v) is 2.02. The van der Waals surface area contributed by atoms with E-state index in [4.69, 9.17) is 15.2 Å². The lowest BCUT2D eigenvalue weighted by Crippen LogP contribution is -2.62. The van der Waals surface area contributed by atoms with Gasteiger partial charge in [-0.1, -0.05) is 12.1 Å². The number of nitrogens with two attached hydrogens (primary N) is 1. The van der Waals surface area contributed by atoms with E-state index in [1.54, 1.807) is 0 Å². The molecule has 1 heterocycles. The van der Waals surface area contributed by atoms with Crippen molar-refractivity contribution in [3.63, 3.8) is 0 Å². The fourth-order valence-electron chi connectivity index (χ4n) is 2.02. The summed E-state index contributed by atoms with van der Waals surface area (Å²) in [5, 5.41) is 10.1. The summed E-state index contributed by atoms with van der Waals surface area (Å²) in [4.78, 5) is 0. The predicted molar refractivity (Wildman–Crippen MR) is 74.3 cm³/mol. The largest absolute Gasteiger partial charge is 0.488 e.